The normalized spacial score (nSPS) is 12.8. The van der Waals surface area contributed by atoms with Gasteiger partial charge in [0.2, 0.25) is 0 Å². The van der Waals surface area contributed by atoms with Crippen LogP contribution in [0.4, 0.5) is 4.39 Å². The number of halogens is 1. The highest BCUT2D eigenvalue weighted by Crippen LogP contribution is 2.10. The van der Waals surface area contributed by atoms with E-state index in [1.165, 1.54) is 0 Å². The molecule has 0 amide bonds. The Labute approximate surface area is 102 Å². The summed E-state index contributed by atoms with van der Waals surface area (Å²) in [6, 6.07) is 0. The second-order valence-corrected chi connectivity index (χ2v) is 5.33. The van der Waals surface area contributed by atoms with E-state index in [0.717, 1.165) is 25.0 Å². The van der Waals surface area contributed by atoms with Crippen molar-refractivity contribution in [3.05, 3.63) is 0 Å². The van der Waals surface area contributed by atoms with E-state index in [9.17, 15) is 9.18 Å². The Balaban J connectivity index is 3.18. The van der Waals surface area contributed by atoms with Gasteiger partial charge in [0, 0.05) is 0 Å². The van der Waals surface area contributed by atoms with Gasteiger partial charge >= 0.3 is 5.97 Å². The fourth-order valence-corrected chi connectivity index (χ4v) is 2.05. The maximum Gasteiger partial charge on any atom is 0.316 e. The summed E-state index contributed by atoms with van der Waals surface area (Å²) in [5.74, 6) is 1.24. The molecule has 0 saturated heterocycles. The number of ether oxygens (including phenoxy) is 1. The van der Waals surface area contributed by atoms with Gasteiger partial charge < -0.3 is 4.74 Å². The molecule has 1 atom stereocenters. The lowest BCUT2D eigenvalue weighted by molar-refractivity contribution is -0.144. The number of hydrogen-bond acceptors (Lipinski definition) is 3. The predicted molar refractivity (Wildman–Crippen MR) is 67.6 cm³/mol. The van der Waals surface area contributed by atoms with Crippen LogP contribution in [0.2, 0.25) is 0 Å². The quantitative estimate of drug-likeness (QED) is 0.462. The molecule has 0 rings (SSSR count). The van der Waals surface area contributed by atoms with Crippen LogP contribution in [0.15, 0.2) is 0 Å². The van der Waals surface area contributed by atoms with Crippen LogP contribution >= 0.6 is 11.8 Å². The Hall–Kier alpha value is -0.250. The molecule has 1 unspecified atom stereocenters. The van der Waals surface area contributed by atoms with Crippen molar-refractivity contribution in [2.45, 2.75) is 58.7 Å². The van der Waals surface area contributed by atoms with Gasteiger partial charge in [-0.15, -0.1) is 0 Å². The Morgan fingerprint density at radius 1 is 1.25 bits per heavy atom. The summed E-state index contributed by atoms with van der Waals surface area (Å²) in [6.45, 7) is 5.29. The number of thioether (sulfide) groups is 1. The Bertz CT molecular complexity index is 184. The Morgan fingerprint density at radius 3 is 2.50 bits per heavy atom. The zero-order valence-electron chi connectivity index (χ0n) is 10.5. The zero-order chi connectivity index (χ0) is 12.4. The molecule has 96 valence electrons. The van der Waals surface area contributed by atoms with E-state index < -0.39 is 6.17 Å². The first kappa shape index (κ1) is 15.8. The molecule has 2 nitrogen and oxygen atoms in total. The van der Waals surface area contributed by atoms with E-state index in [1.54, 1.807) is 18.7 Å². The molecule has 0 aromatic heterocycles. The molecule has 0 bridgehead atoms. The molecule has 0 aromatic carbocycles. The van der Waals surface area contributed by atoms with Crippen LogP contribution < -0.4 is 0 Å². The predicted octanol–water partition coefficient (Wildman–Crippen LogP) is 3.59. The van der Waals surface area contributed by atoms with Gasteiger partial charge in [0.15, 0.2) is 0 Å². The minimum atomic E-state index is -0.686. The van der Waals surface area contributed by atoms with E-state index in [0.29, 0.717) is 12.2 Å². The van der Waals surface area contributed by atoms with E-state index >= 15 is 0 Å². The average molecular weight is 250 g/mol. The van der Waals surface area contributed by atoms with Crippen LogP contribution in [-0.4, -0.2) is 29.8 Å². The summed E-state index contributed by atoms with van der Waals surface area (Å²) in [7, 11) is 0. The first-order valence-electron chi connectivity index (χ1n) is 5.93. The van der Waals surface area contributed by atoms with Crippen LogP contribution in [0, 0.1) is 0 Å². The van der Waals surface area contributed by atoms with Crippen molar-refractivity contribution in [1.82, 2.24) is 0 Å². The average Bonchev–Trinajstić information content (AvgIpc) is 2.14. The van der Waals surface area contributed by atoms with Crippen LogP contribution in [0.1, 0.15) is 46.5 Å². The monoisotopic (exact) mass is 250 g/mol. The van der Waals surface area contributed by atoms with Gasteiger partial charge in [-0.1, -0.05) is 12.8 Å². The lowest BCUT2D eigenvalue weighted by Gasteiger charge is -2.07. The summed E-state index contributed by atoms with van der Waals surface area (Å²) in [5, 5.41) is 0. The van der Waals surface area contributed by atoms with Crippen molar-refractivity contribution in [2.75, 3.05) is 11.5 Å². The number of unbranched alkanes of at least 4 members (excludes halogenated alkanes) is 2. The van der Waals surface area contributed by atoms with Gasteiger partial charge in [-0.3, -0.25) is 4.79 Å². The van der Waals surface area contributed by atoms with Crippen LogP contribution in [0.3, 0.4) is 0 Å². The first-order valence-corrected chi connectivity index (χ1v) is 7.09. The highest BCUT2D eigenvalue weighted by molar-refractivity contribution is 7.99. The molecule has 16 heavy (non-hydrogen) atoms. The van der Waals surface area contributed by atoms with E-state index in [2.05, 4.69) is 0 Å². The zero-order valence-corrected chi connectivity index (χ0v) is 11.3. The van der Waals surface area contributed by atoms with Crippen molar-refractivity contribution >= 4 is 17.7 Å². The number of hydrogen-bond donors (Lipinski definition) is 0. The second-order valence-electron chi connectivity index (χ2n) is 4.22. The SMILES string of the molecule is CC(F)CCCCCSCC(=O)OC(C)C. The highest BCUT2D eigenvalue weighted by Gasteiger charge is 2.04. The smallest absolute Gasteiger partial charge is 0.316 e. The maximum absolute atomic E-state index is 12.4. The summed E-state index contributed by atoms with van der Waals surface area (Å²) in [5.41, 5.74) is 0. The van der Waals surface area contributed by atoms with Crippen LogP contribution in [0.25, 0.3) is 0 Å². The van der Waals surface area contributed by atoms with Crippen molar-refractivity contribution in [1.29, 1.82) is 0 Å². The molecule has 0 heterocycles. The third kappa shape index (κ3) is 11.8. The molecule has 0 spiro atoms. The maximum atomic E-state index is 12.4. The molecule has 0 aliphatic carbocycles. The number of alkyl halides is 1. The Morgan fingerprint density at radius 2 is 1.94 bits per heavy atom. The van der Waals surface area contributed by atoms with Crippen LogP contribution in [0.5, 0.6) is 0 Å². The van der Waals surface area contributed by atoms with Gasteiger partial charge in [0.05, 0.1) is 18.0 Å². The van der Waals surface area contributed by atoms with Gasteiger partial charge in [-0.2, -0.15) is 11.8 Å². The van der Waals surface area contributed by atoms with Crippen molar-refractivity contribution < 1.29 is 13.9 Å². The topological polar surface area (TPSA) is 26.3 Å². The Kier molecular flexibility index (Phi) is 9.78. The minimum Gasteiger partial charge on any atom is -0.462 e. The molecule has 0 aromatic rings. The third-order valence-corrected chi connectivity index (χ3v) is 2.99. The molecular formula is C12H23FO2S. The van der Waals surface area contributed by atoms with Crippen molar-refractivity contribution in [3.8, 4) is 0 Å². The van der Waals surface area contributed by atoms with Crippen molar-refractivity contribution in [2.24, 2.45) is 0 Å². The molecule has 0 fully saturated rings. The number of carbonyl (C=O) groups is 1. The molecule has 0 aliphatic rings. The van der Waals surface area contributed by atoms with E-state index in [-0.39, 0.29) is 12.1 Å². The number of rotatable bonds is 9. The summed E-state index contributed by atoms with van der Waals surface area (Å²) in [4.78, 5) is 11.1. The fourth-order valence-electron chi connectivity index (χ4n) is 1.26. The molecule has 0 N–H and O–H groups in total. The first-order chi connectivity index (χ1) is 7.52. The van der Waals surface area contributed by atoms with E-state index in [1.807, 2.05) is 13.8 Å². The van der Waals surface area contributed by atoms with Gasteiger partial charge in [-0.25, -0.2) is 4.39 Å². The van der Waals surface area contributed by atoms with Gasteiger partial charge in [0.25, 0.3) is 0 Å². The molecule has 0 aliphatic heterocycles. The lowest BCUT2D eigenvalue weighted by Crippen LogP contribution is -2.13. The second kappa shape index (κ2) is 9.94. The van der Waals surface area contributed by atoms with Gasteiger partial charge in [0.1, 0.15) is 0 Å². The molecule has 4 heteroatoms. The number of carbonyl (C=O) groups excluding carboxylic acids is 1. The lowest BCUT2D eigenvalue weighted by atomic mass is 10.1. The van der Waals surface area contributed by atoms with E-state index in [4.69, 9.17) is 4.74 Å². The highest BCUT2D eigenvalue weighted by atomic mass is 32.2. The largest absolute Gasteiger partial charge is 0.462 e. The summed E-state index contributed by atoms with van der Waals surface area (Å²) >= 11 is 1.59. The van der Waals surface area contributed by atoms with Crippen LogP contribution in [-0.2, 0) is 9.53 Å². The molecule has 0 saturated carbocycles. The summed E-state index contributed by atoms with van der Waals surface area (Å²) in [6.07, 6.45) is 2.97. The standard InChI is InChI=1S/C12H23FO2S/c1-10(2)15-12(14)9-16-8-6-4-5-7-11(3)13/h10-11H,4-9H2,1-3H3. The fraction of sp³-hybridized carbons (Fsp3) is 0.917. The minimum absolute atomic E-state index is 0.0286. The van der Waals surface area contributed by atoms with Crippen molar-refractivity contribution in [3.63, 3.8) is 0 Å². The summed E-state index contributed by atoms with van der Waals surface area (Å²) < 4.78 is 17.4. The number of esters is 1. The van der Waals surface area contributed by atoms with Gasteiger partial charge in [-0.05, 0) is 39.4 Å². The molecular weight excluding hydrogens is 227 g/mol. The molecule has 0 radical (unpaired) electrons. The third-order valence-electron chi connectivity index (χ3n) is 1.98.